The molecule has 1 aliphatic rings. The highest BCUT2D eigenvalue weighted by Crippen LogP contribution is 2.37. The molecule has 1 fully saturated rings. The first-order valence-corrected chi connectivity index (χ1v) is 12.9. The van der Waals surface area contributed by atoms with Crippen molar-refractivity contribution >= 4 is 32.2 Å². The van der Waals surface area contributed by atoms with Gasteiger partial charge in [0.25, 0.3) is 10.0 Å². The Kier molecular flexibility index (Phi) is 6.57. The summed E-state index contributed by atoms with van der Waals surface area (Å²) in [6.07, 6.45) is 6.08. The summed E-state index contributed by atoms with van der Waals surface area (Å²) in [6, 6.07) is 11.4. The van der Waals surface area contributed by atoms with Crippen LogP contribution in [0.15, 0.2) is 47.4 Å². The van der Waals surface area contributed by atoms with Crippen molar-refractivity contribution in [3.05, 3.63) is 48.2 Å². The Hall–Kier alpha value is -2.78. The normalized spacial score (nSPS) is 14.8. The molecule has 0 spiro atoms. The maximum Gasteiger partial charge on any atom is 0.265 e. The van der Waals surface area contributed by atoms with Gasteiger partial charge in [-0.2, -0.15) is 0 Å². The molecule has 3 aromatic rings. The molecule has 1 heterocycles. The van der Waals surface area contributed by atoms with Crippen molar-refractivity contribution in [2.75, 3.05) is 17.1 Å². The molecule has 4 rings (SSSR count). The number of thiazole rings is 1. The lowest BCUT2D eigenvalue weighted by molar-refractivity contribution is 0.403. The monoisotopic (exact) mass is 473 g/mol. The van der Waals surface area contributed by atoms with Crippen molar-refractivity contribution in [3.8, 4) is 21.9 Å². The lowest BCUT2D eigenvalue weighted by atomic mass is 9.96. The summed E-state index contributed by atoms with van der Waals surface area (Å²) in [5, 5.41) is 13.9. The number of anilines is 2. The van der Waals surface area contributed by atoms with Crippen LogP contribution < -0.4 is 14.8 Å². The van der Waals surface area contributed by atoms with E-state index in [-0.39, 0.29) is 16.4 Å². The highest BCUT2D eigenvalue weighted by atomic mass is 32.2. The SMILES string of the molecule is COc1ccc(-c2sc(NC3CCCCC3)nc2C)cc1S(=O)(=O)Nc1ccc(O)cc1. The van der Waals surface area contributed by atoms with Crippen LogP contribution in [0.1, 0.15) is 37.8 Å². The molecule has 1 saturated carbocycles. The predicted molar refractivity (Wildman–Crippen MR) is 128 cm³/mol. The number of nitrogens with zero attached hydrogens (tertiary/aromatic N) is 1. The molecule has 2 aromatic carbocycles. The predicted octanol–water partition coefficient (Wildman–Crippen LogP) is 5.38. The topological polar surface area (TPSA) is 101 Å². The van der Waals surface area contributed by atoms with Crippen molar-refractivity contribution < 1.29 is 18.3 Å². The first kappa shape index (κ1) is 22.4. The lowest BCUT2D eigenvalue weighted by Crippen LogP contribution is -2.21. The molecule has 0 bridgehead atoms. The molecule has 9 heteroatoms. The second kappa shape index (κ2) is 9.38. The summed E-state index contributed by atoms with van der Waals surface area (Å²) in [6.45, 7) is 1.94. The molecule has 170 valence electrons. The van der Waals surface area contributed by atoms with Gasteiger partial charge in [0.2, 0.25) is 0 Å². The number of aryl methyl sites for hydroxylation is 1. The molecule has 0 unspecified atom stereocenters. The van der Waals surface area contributed by atoms with E-state index in [1.54, 1.807) is 12.1 Å². The van der Waals surface area contributed by atoms with E-state index in [9.17, 15) is 13.5 Å². The minimum Gasteiger partial charge on any atom is -0.508 e. The molecular formula is C23H27N3O4S2. The van der Waals surface area contributed by atoms with Gasteiger partial charge < -0.3 is 15.2 Å². The smallest absolute Gasteiger partial charge is 0.265 e. The van der Waals surface area contributed by atoms with E-state index >= 15 is 0 Å². The summed E-state index contributed by atoms with van der Waals surface area (Å²) < 4.78 is 34.1. The first-order chi connectivity index (χ1) is 15.4. The van der Waals surface area contributed by atoms with Gasteiger partial charge in [0.1, 0.15) is 16.4 Å². The Morgan fingerprint density at radius 3 is 2.50 bits per heavy atom. The fraction of sp³-hybridized carbons (Fsp3) is 0.348. The van der Waals surface area contributed by atoms with Gasteiger partial charge in [-0.15, -0.1) is 0 Å². The van der Waals surface area contributed by atoms with E-state index in [2.05, 4.69) is 15.0 Å². The van der Waals surface area contributed by atoms with E-state index in [1.165, 1.54) is 62.0 Å². The largest absolute Gasteiger partial charge is 0.508 e. The molecule has 0 amide bonds. The summed E-state index contributed by atoms with van der Waals surface area (Å²) in [5.74, 6) is 0.314. The number of phenols is 1. The van der Waals surface area contributed by atoms with Crippen molar-refractivity contribution in [1.82, 2.24) is 4.98 Å². The second-order valence-electron chi connectivity index (χ2n) is 7.93. The molecular weight excluding hydrogens is 446 g/mol. The fourth-order valence-electron chi connectivity index (χ4n) is 3.92. The van der Waals surface area contributed by atoms with Crippen LogP contribution in [0, 0.1) is 6.92 Å². The number of phenolic OH excluding ortho intramolecular Hbond substituents is 1. The average Bonchev–Trinajstić information content (AvgIpc) is 3.15. The lowest BCUT2D eigenvalue weighted by Gasteiger charge is -2.22. The van der Waals surface area contributed by atoms with Crippen LogP contribution in [0.4, 0.5) is 10.8 Å². The number of rotatable bonds is 7. The van der Waals surface area contributed by atoms with E-state index in [0.717, 1.165) is 34.1 Å². The van der Waals surface area contributed by atoms with Gasteiger partial charge in [-0.3, -0.25) is 4.72 Å². The quantitative estimate of drug-likeness (QED) is 0.399. The van der Waals surface area contributed by atoms with Crippen LogP contribution in [0.2, 0.25) is 0 Å². The Morgan fingerprint density at radius 2 is 1.81 bits per heavy atom. The zero-order chi connectivity index (χ0) is 22.7. The van der Waals surface area contributed by atoms with Crippen LogP contribution in [0.5, 0.6) is 11.5 Å². The highest BCUT2D eigenvalue weighted by molar-refractivity contribution is 7.92. The summed E-state index contributed by atoms with van der Waals surface area (Å²) in [4.78, 5) is 5.64. The maximum absolute atomic E-state index is 13.1. The van der Waals surface area contributed by atoms with Crippen molar-refractivity contribution in [1.29, 1.82) is 0 Å². The zero-order valence-electron chi connectivity index (χ0n) is 18.1. The van der Waals surface area contributed by atoms with Gasteiger partial charge in [-0.1, -0.05) is 30.6 Å². The van der Waals surface area contributed by atoms with Gasteiger partial charge in [0, 0.05) is 11.7 Å². The maximum atomic E-state index is 13.1. The third-order valence-corrected chi connectivity index (χ3v) is 8.10. The molecule has 0 atom stereocenters. The molecule has 0 saturated heterocycles. The third-order valence-electron chi connectivity index (χ3n) is 5.56. The Bertz CT molecular complexity index is 1180. The standard InChI is InChI=1S/C23H27N3O4S2/c1-15-22(31-23(24-15)25-17-6-4-3-5-7-17)16-8-13-20(30-2)21(14-16)32(28,29)26-18-9-11-19(27)12-10-18/h8-14,17,26-27H,3-7H2,1-2H3,(H,24,25). The Balaban J connectivity index is 1.63. The van der Waals surface area contributed by atoms with Crippen LogP contribution in [0.25, 0.3) is 10.4 Å². The van der Waals surface area contributed by atoms with Crippen LogP contribution >= 0.6 is 11.3 Å². The van der Waals surface area contributed by atoms with Crippen molar-refractivity contribution in [3.63, 3.8) is 0 Å². The number of methoxy groups -OCH3 is 1. The molecule has 7 nitrogen and oxygen atoms in total. The molecule has 0 aliphatic heterocycles. The fourth-order valence-corrected chi connectivity index (χ4v) is 6.21. The number of ether oxygens (including phenoxy) is 1. The van der Waals surface area contributed by atoms with Crippen molar-refractivity contribution in [2.24, 2.45) is 0 Å². The zero-order valence-corrected chi connectivity index (χ0v) is 19.7. The van der Waals surface area contributed by atoms with Gasteiger partial charge in [0.05, 0.1) is 17.7 Å². The third kappa shape index (κ3) is 4.99. The number of nitrogens with one attached hydrogen (secondary N) is 2. The minimum absolute atomic E-state index is 0.0418. The van der Waals surface area contributed by atoms with E-state index in [0.29, 0.717) is 11.7 Å². The van der Waals surface area contributed by atoms with Gasteiger partial charge in [-0.05, 0) is 67.8 Å². The van der Waals surface area contributed by atoms with Crippen LogP contribution in [0.3, 0.4) is 0 Å². The van der Waals surface area contributed by atoms with Gasteiger partial charge in [-0.25, -0.2) is 13.4 Å². The number of aromatic nitrogens is 1. The number of hydrogen-bond acceptors (Lipinski definition) is 7. The molecule has 0 radical (unpaired) electrons. The van der Waals surface area contributed by atoms with E-state index in [4.69, 9.17) is 4.74 Å². The molecule has 1 aliphatic carbocycles. The summed E-state index contributed by atoms with van der Waals surface area (Å²) in [7, 11) is -2.47. The Labute approximate surface area is 192 Å². The number of benzene rings is 2. The highest BCUT2D eigenvalue weighted by Gasteiger charge is 2.23. The van der Waals surface area contributed by atoms with E-state index < -0.39 is 10.0 Å². The van der Waals surface area contributed by atoms with Gasteiger partial charge >= 0.3 is 0 Å². The molecule has 3 N–H and O–H groups in total. The Morgan fingerprint density at radius 1 is 1.09 bits per heavy atom. The van der Waals surface area contributed by atoms with Gasteiger partial charge in [0.15, 0.2) is 5.13 Å². The molecule has 32 heavy (non-hydrogen) atoms. The summed E-state index contributed by atoms with van der Waals surface area (Å²) in [5.41, 5.74) is 1.97. The summed E-state index contributed by atoms with van der Waals surface area (Å²) >= 11 is 1.54. The van der Waals surface area contributed by atoms with Crippen LogP contribution in [-0.2, 0) is 10.0 Å². The number of aromatic hydroxyl groups is 1. The van der Waals surface area contributed by atoms with E-state index in [1.807, 2.05) is 13.0 Å². The number of hydrogen-bond donors (Lipinski definition) is 3. The first-order valence-electron chi connectivity index (χ1n) is 10.6. The minimum atomic E-state index is -3.92. The second-order valence-corrected chi connectivity index (χ2v) is 10.6. The average molecular weight is 474 g/mol. The van der Waals surface area contributed by atoms with Crippen LogP contribution in [-0.4, -0.2) is 31.7 Å². The molecule has 1 aromatic heterocycles. The number of sulfonamides is 1. The van der Waals surface area contributed by atoms with Crippen molar-refractivity contribution in [2.45, 2.75) is 50.0 Å².